The number of carbonyl (C=O) groups is 2. The van der Waals surface area contributed by atoms with Gasteiger partial charge in [-0.1, -0.05) is 30.3 Å². The molecule has 1 unspecified atom stereocenters. The fourth-order valence-electron chi connectivity index (χ4n) is 1.78. The van der Waals surface area contributed by atoms with E-state index in [0.29, 0.717) is 0 Å². The predicted octanol–water partition coefficient (Wildman–Crippen LogP) is 2.06. The van der Waals surface area contributed by atoms with Gasteiger partial charge in [0.25, 0.3) is 5.91 Å². The first-order valence-corrected chi connectivity index (χ1v) is 5.30. The lowest BCUT2D eigenvalue weighted by Crippen LogP contribution is -2.38. The smallest absolute Gasteiger partial charge is 0.417 e. The van der Waals surface area contributed by atoms with Gasteiger partial charge in [-0.15, -0.1) is 0 Å². The van der Waals surface area contributed by atoms with Crippen molar-refractivity contribution in [2.45, 2.75) is 19.1 Å². The zero-order valence-corrected chi connectivity index (χ0v) is 9.30. The van der Waals surface area contributed by atoms with Crippen molar-refractivity contribution < 1.29 is 18.7 Å². The number of benzene rings is 1. The van der Waals surface area contributed by atoms with E-state index in [1.807, 2.05) is 6.07 Å². The number of halogens is 1. The summed E-state index contributed by atoms with van der Waals surface area (Å²) in [5, 5.41) is 0. The molecule has 1 aliphatic heterocycles. The minimum absolute atomic E-state index is 0.0707. The van der Waals surface area contributed by atoms with E-state index in [9.17, 15) is 14.0 Å². The zero-order chi connectivity index (χ0) is 12.4. The lowest BCUT2D eigenvalue weighted by molar-refractivity contribution is -0.133. The van der Waals surface area contributed by atoms with Crippen molar-refractivity contribution in [3.63, 3.8) is 0 Å². The number of imide groups is 1. The molecular formula is C12H12FNO3. The van der Waals surface area contributed by atoms with Crippen molar-refractivity contribution in [2.24, 2.45) is 0 Å². The minimum Gasteiger partial charge on any atom is -0.446 e. The number of hydrogen-bond donors (Lipinski definition) is 0. The molecule has 2 rings (SSSR count). The number of amides is 2. The van der Waals surface area contributed by atoms with Gasteiger partial charge in [0.05, 0.1) is 0 Å². The molecule has 2 amide bonds. The highest BCUT2D eigenvalue weighted by Crippen LogP contribution is 2.28. The van der Waals surface area contributed by atoms with Crippen LogP contribution in [-0.2, 0) is 9.53 Å². The molecule has 1 saturated heterocycles. The molecule has 0 aromatic heterocycles. The third-order valence-corrected chi connectivity index (χ3v) is 2.64. The Kier molecular flexibility index (Phi) is 3.08. The van der Waals surface area contributed by atoms with E-state index in [2.05, 4.69) is 0 Å². The SMILES string of the molecule is CC(F)C(=O)N1C(=O)OC[C@@H]1c1ccccc1. The average molecular weight is 237 g/mol. The van der Waals surface area contributed by atoms with Crippen LogP contribution in [-0.4, -0.2) is 29.7 Å². The van der Waals surface area contributed by atoms with Crippen molar-refractivity contribution in [3.8, 4) is 0 Å². The lowest BCUT2D eigenvalue weighted by atomic mass is 10.1. The summed E-state index contributed by atoms with van der Waals surface area (Å²) in [7, 11) is 0. The zero-order valence-electron chi connectivity index (χ0n) is 9.30. The molecule has 2 atom stereocenters. The summed E-state index contributed by atoms with van der Waals surface area (Å²) in [5.41, 5.74) is 0.757. The molecular weight excluding hydrogens is 225 g/mol. The summed E-state index contributed by atoms with van der Waals surface area (Å²) in [4.78, 5) is 23.9. The molecule has 0 N–H and O–H groups in total. The van der Waals surface area contributed by atoms with Gasteiger partial charge in [-0.25, -0.2) is 14.1 Å². The number of carbonyl (C=O) groups excluding carboxylic acids is 2. The molecule has 0 aliphatic carbocycles. The van der Waals surface area contributed by atoms with Crippen LogP contribution in [0.4, 0.5) is 9.18 Å². The Morgan fingerprint density at radius 3 is 2.71 bits per heavy atom. The number of hydrogen-bond acceptors (Lipinski definition) is 3. The fraction of sp³-hybridized carbons (Fsp3) is 0.333. The number of ether oxygens (including phenoxy) is 1. The number of rotatable bonds is 2. The maximum absolute atomic E-state index is 13.0. The molecule has 1 heterocycles. The second kappa shape index (κ2) is 4.53. The normalized spacial score (nSPS) is 21.2. The topological polar surface area (TPSA) is 46.6 Å². The Labute approximate surface area is 98.0 Å². The first kappa shape index (κ1) is 11.6. The van der Waals surface area contributed by atoms with Crippen molar-refractivity contribution in [2.75, 3.05) is 6.61 Å². The van der Waals surface area contributed by atoms with Crippen molar-refractivity contribution in [1.82, 2.24) is 4.90 Å². The third-order valence-electron chi connectivity index (χ3n) is 2.64. The van der Waals surface area contributed by atoms with Crippen molar-refractivity contribution >= 4 is 12.0 Å². The van der Waals surface area contributed by atoms with E-state index in [1.54, 1.807) is 24.3 Å². The summed E-state index contributed by atoms with van der Waals surface area (Å²) < 4.78 is 17.8. The van der Waals surface area contributed by atoms with Gasteiger partial charge >= 0.3 is 6.09 Å². The van der Waals surface area contributed by atoms with Crippen LogP contribution in [0.5, 0.6) is 0 Å². The van der Waals surface area contributed by atoms with Crippen LogP contribution >= 0.6 is 0 Å². The van der Waals surface area contributed by atoms with Gasteiger partial charge in [0, 0.05) is 0 Å². The summed E-state index contributed by atoms with van der Waals surface area (Å²) in [6.45, 7) is 1.18. The molecule has 90 valence electrons. The Morgan fingerprint density at radius 2 is 2.12 bits per heavy atom. The summed E-state index contributed by atoms with van der Waals surface area (Å²) in [6, 6.07) is 8.42. The number of nitrogens with zero attached hydrogens (tertiary/aromatic N) is 1. The first-order valence-electron chi connectivity index (χ1n) is 5.30. The van der Waals surface area contributed by atoms with Crippen LogP contribution in [0.1, 0.15) is 18.5 Å². The van der Waals surface area contributed by atoms with E-state index >= 15 is 0 Å². The second-order valence-electron chi connectivity index (χ2n) is 3.83. The summed E-state index contributed by atoms with van der Waals surface area (Å²) >= 11 is 0. The molecule has 4 nitrogen and oxygen atoms in total. The average Bonchev–Trinajstić information content (AvgIpc) is 2.71. The van der Waals surface area contributed by atoms with Gasteiger partial charge in [-0.3, -0.25) is 4.79 Å². The highest BCUT2D eigenvalue weighted by molar-refractivity contribution is 5.95. The largest absolute Gasteiger partial charge is 0.446 e. The lowest BCUT2D eigenvalue weighted by Gasteiger charge is -2.20. The fourth-order valence-corrected chi connectivity index (χ4v) is 1.78. The quantitative estimate of drug-likeness (QED) is 0.791. The van der Waals surface area contributed by atoms with Gasteiger partial charge in [0.1, 0.15) is 12.6 Å². The molecule has 1 aromatic carbocycles. The molecule has 1 fully saturated rings. The van der Waals surface area contributed by atoms with Crippen LogP contribution < -0.4 is 0 Å². The monoisotopic (exact) mass is 237 g/mol. The summed E-state index contributed by atoms with van der Waals surface area (Å²) in [5.74, 6) is -0.860. The Morgan fingerprint density at radius 1 is 1.47 bits per heavy atom. The van der Waals surface area contributed by atoms with Gasteiger partial charge in [-0.2, -0.15) is 0 Å². The van der Waals surface area contributed by atoms with Crippen LogP contribution in [0.2, 0.25) is 0 Å². The Balaban J connectivity index is 2.29. The van der Waals surface area contributed by atoms with E-state index in [-0.39, 0.29) is 6.61 Å². The number of alkyl halides is 1. The molecule has 0 radical (unpaired) electrons. The predicted molar refractivity (Wildman–Crippen MR) is 57.9 cm³/mol. The van der Waals surface area contributed by atoms with E-state index in [0.717, 1.165) is 17.4 Å². The first-order chi connectivity index (χ1) is 8.11. The molecule has 1 aromatic rings. The molecule has 0 bridgehead atoms. The highest BCUT2D eigenvalue weighted by atomic mass is 19.1. The minimum atomic E-state index is -1.72. The standard InChI is InChI=1S/C12H12FNO3/c1-8(13)11(15)14-10(7-17-12(14)16)9-5-3-2-4-6-9/h2-6,8,10H,7H2,1H3/t8?,10-/m1/s1. The van der Waals surface area contributed by atoms with E-state index in [4.69, 9.17) is 4.74 Å². The van der Waals surface area contributed by atoms with Crippen molar-refractivity contribution in [3.05, 3.63) is 35.9 Å². The van der Waals surface area contributed by atoms with Crippen LogP contribution in [0, 0.1) is 0 Å². The molecule has 0 saturated carbocycles. The molecule has 5 heteroatoms. The van der Waals surface area contributed by atoms with Crippen LogP contribution in [0.3, 0.4) is 0 Å². The highest BCUT2D eigenvalue weighted by Gasteiger charge is 2.40. The molecule has 17 heavy (non-hydrogen) atoms. The maximum Gasteiger partial charge on any atom is 0.417 e. The summed E-state index contributed by atoms with van der Waals surface area (Å²) in [6.07, 6.45) is -2.50. The second-order valence-corrected chi connectivity index (χ2v) is 3.83. The van der Waals surface area contributed by atoms with Gasteiger partial charge in [-0.05, 0) is 12.5 Å². The maximum atomic E-state index is 13.0. The molecule has 0 spiro atoms. The Hall–Kier alpha value is -1.91. The van der Waals surface area contributed by atoms with Crippen LogP contribution in [0.25, 0.3) is 0 Å². The van der Waals surface area contributed by atoms with Crippen molar-refractivity contribution in [1.29, 1.82) is 0 Å². The van der Waals surface area contributed by atoms with Gasteiger partial charge < -0.3 is 4.74 Å². The Bertz CT molecular complexity index is 433. The van der Waals surface area contributed by atoms with E-state index < -0.39 is 24.2 Å². The number of cyclic esters (lactones) is 1. The van der Waals surface area contributed by atoms with E-state index in [1.165, 1.54) is 0 Å². The van der Waals surface area contributed by atoms with Crippen LogP contribution in [0.15, 0.2) is 30.3 Å². The third kappa shape index (κ3) is 2.13. The van der Waals surface area contributed by atoms with Gasteiger partial charge in [0.15, 0.2) is 6.17 Å². The molecule has 1 aliphatic rings. The van der Waals surface area contributed by atoms with Gasteiger partial charge in [0.2, 0.25) is 0 Å².